The van der Waals surface area contributed by atoms with Gasteiger partial charge in [-0.2, -0.15) is 0 Å². The van der Waals surface area contributed by atoms with E-state index in [1.807, 2.05) is 32.3 Å². The van der Waals surface area contributed by atoms with Crippen LogP contribution in [0.4, 0.5) is 14.4 Å². The van der Waals surface area contributed by atoms with Crippen molar-refractivity contribution < 1.29 is 71.6 Å². The van der Waals surface area contributed by atoms with E-state index in [-0.39, 0.29) is 92.6 Å². The summed E-state index contributed by atoms with van der Waals surface area (Å²) in [6.45, 7) is 26.9. The fourth-order valence-corrected chi connectivity index (χ4v) is 20.3. The Kier molecular flexibility index (Phi) is 100.0. The van der Waals surface area contributed by atoms with Crippen LogP contribution in [-0.4, -0.2) is 235 Å². The number of rotatable bonds is 104. The third-order valence-electron chi connectivity index (χ3n) is 26.9. The Labute approximate surface area is 872 Å². The highest BCUT2D eigenvalue weighted by molar-refractivity contribution is 8.14. The van der Waals surface area contributed by atoms with Crippen LogP contribution in [0.3, 0.4) is 0 Å². The summed E-state index contributed by atoms with van der Waals surface area (Å²) in [6.07, 6.45) is 82.2. The van der Waals surface area contributed by atoms with E-state index in [0.29, 0.717) is 17.3 Å². The highest BCUT2D eigenvalue weighted by Crippen LogP contribution is 2.27. The van der Waals surface area contributed by atoms with Gasteiger partial charge in [0.15, 0.2) is 0 Å². The van der Waals surface area contributed by atoms with Crippen molar-refractivity contribution in [3.63, 3.8) is 0 Å². The molecule has 0 radical (unpaired) electrons. The molecule has 0 heterocycles. The molecule has 0 aliphatic rings. The zero-order valence-corrected chi connectivity index (χ0v) is 95.1. The van der Waals surface area contributed by atoms with Gasteiger partial charge in [-0.05, 0) is 208 Å². The summed E-state index contributed by atoms with van der Waals surface area (Å²) in [5.74, 6) is -1.10. The third kappa shape index (κ3) is 88.9. The molecule has 140 heavy (non-hydrogen) atoms. The van der Waals surface area contributed by atoms with Crippen molar-refractivity contribution in [1.82, 2.24) is 29.4 Å². The van der Waals surface area contributed by atoms with Gasteiger partial charge in [0.1, 0.15) is 76.9 Å². The monoisotopic (exact) mass is 2030 g/mol. The number of hydrogen-bond acceptors (Lipinski definition) is 21. The van der Waals surface area contributed by atoms with Gasteiger partial charge in [-0.1, -0.05) is 424 Å². The van der Waals surface area contributed by atoms with Crippen LogP contribution in [-0.2, 0) is 57.2 Å². The topological polar surface area (TPSA) is 228 Å². The molecule has 24 heteroatoms. The Morgan fingerprint density at radius 3 is 0.614 bits per heavy atom. The number of unbranched alkanes of at least 4 members (excludes halogenated alkanes) is 50. The zero-order valence-electron chi connectivity index (χ0n) is 92.7. The lowest BCUT2D eigenvalue weighted by Crippen LogP contribution is -2.40. The molecule has 21 nitrogen and oxygen atoms in total. The van der Waals surface area contributed by atoms with Gasteiger partial charge in [0.2, 0.25) is 0 Å². The molecule has 0 fully saturated rings. The Bertz CT molecular complexity index is 2930. The number of ether oxygens (including phenoxy) is 6. The van der Waals surface area contributed by atoms with E-state index in [0.717, 1.165) is 294 Å². The van der Waals surface area contributed by atoms with E-state index < -0.39 is 35.8 Å². The molecule has 0 N–H and O–H groups in total. The van der Waals surface area contributed by atoms with Gasteiger partial charge in [-0.3, -0.25) is 43.2 Å². The minimum Gasteiger partial charge on any atom is -0.461 e. The van der Waals surface area contributed by atoms with Gasteiger partial charge in [0.05, 0.1) is 0 Å². The minimum atomic E-state index is -0.544. The first-order valence-corrected chi connectivity index (χ1v) is 61.5. The van der Waals surface area contributed by atoms with Gasteiger partial charge < -0.3 is 57.8 Å². The average Bonchev–Trinajstić information content (AvgIpc) is 0.905. The van der Waals surface area contributed by atoms with Crippen molar-refractivity contribution in [2.75, 3.05) is 130 Å². The van der Waals surface area contributed by atoms with Gasteiger partial charge in [-0.25, -0.2) is 0 Å². The Morgan fingerprint density at radius 1 is 0.221 bits per heavy atom. The molecule has 0 aliphatic carbocycles. The number of amides is 3. The molecule has 0 aromatic rings. The van der Waals surface area contributed by atoms with Crippen molar-refractivity contribution in [2.24, 2.45) is 0 Å². The van der Waals surface area contributed by atoms with Crippen LogP contribution in [0.2, 0.25) is 0 Å². The SMILES string of the molecule is CCCCCC/C=C\COC(=O)CN(CC(=O)OC(CCCCCCCC)CCCCCCCCCCCCCC/C=C\COC(=O)CN(CC(=O)OC(CCCCCCCC)CCCCCCCCCCCCCCCC(CCCCCCC)OC(=O)CN(CC(=O)OC(CCCCCCC)CCCCCCC)C(=O)SCCCN(CC)CC)C(=O)SCCCN(C)C)C(=O)SCCCN(CC)CC. The van der Waals surface area contributed by atoms with Crippen molar-refractivity contribution in [3.8, 4) is 0 Å². The van der Waals surface area contributed by atoms with Crippen LogP contribution in [0.1, 0.15) is 512 Å². The van der Waals surface area contributed by atoms with Gasteiger partial charge in [-0.15, -0.1) is 0 Å². The largest absolute Gasteiger partial charge is 0.461 e. The molecular weight excluding hydrogens is 1810 g/mol. The molecule has 0 rings (SSSR count). The van der Waals surface area contributed by atoms with Gasteiger partial charge >= 0.3 is 35.8 Å². The summed E-state index contributed by atoms with van der Waals surface area (Å²) in [6, 6.07) is 0. The highest BCUT2D eigenvalue weighted by Gasteiger charge is 2.30. The van der Waals surface area contributed by atoms with E-state index in [9.17, 15) is 43.2 Å². The van der Waals surface area contributed by atoms with Crippen molar-refractivity contribution in [1.29, 1.82) is 0 Å². The third-order valence-corrected chi connectivity index (χ3v) is 29.9. The molecule has 0 saturated carbocycles. The van der Waals surface area contributed by atoms with E-state index >= 15 is 0 Å². The summed E-state index contributed by atoms with van der Waals surface area (Å²) in [5.41, 5.74) is 0. The first-order chi connectivity index (χ1) is 68.3. The smallest absolute Gasteiger partial charge is 0.326 e. The van der Waals surface area contributed by atoms with E-state index in [1.54, 1.807) is 0 Å². The lowest BCUT2D eigenvalue weighted by Gasteiger charge is -2.25. The molecule has 820 valence electrons. The van der Waals surface area contributed by atoms with Crippen LogP contribution >= 0.6 is 35.3 Å². The fourth-order valence-electron chi connectivity index (χ4n) is 18.0. The van der Waals surface area contributed by atoms with Crippen molar-refractivity contribution in [3.05, 3.63) is 24.3 Å². The molecule has 0 saturated heterocycles. The summed E-state index contributed by atoms with van der Waals surface area (Å²) >= 11 is 3.49. The predicted molar refractivity (Wildman–Crippen MR) is 595 cm³/mol. The lowest BCUT2D eigenvalue weighted by atomic mass is 10.0. The standard InChI is InChI=1S/C116H218N6O15S3/c1-13-23-29-35-57-67-77-93-132-109(124)99-121(115(130)139-96-80-91-118(19-7)20-8)101-111(126)135-107(86-73-63-37-31-25-15-3)89-76-65-55-50-46-42-39-38-40-45-49-53-58-68-78-94-133-108(123)98-120(114(129)138-95-79-90-117(11)12)100-110(125)134-106(85-72-62-36-30-24-14-2)88-75-66-56-52-48-44-41-43-47-51-54-64-74-87-105(84-71-61-34-28-18-6)137-113(128)103-122(116(131)140-97-81-92-119(21-9)22-10)102-112(127)136-104(82-69-59-32-26-16-4)83-70-60-33-27-17-5/h67-68,77-78,104-107H,13-66,69-76,79-103H2,1-12H3/b77-67-,78-68-. The second kappa shape index (κ2) is 103. The molecule has 3 unspecified atom stereocenters. The second-order valence-electron chi connectivity index (χ2n) is 40.1. The van der Waals surface area contributed by atoms with Crippen molar-refractivity contribution in [2.45, 2.75) is 537 Å². The fraction of sp³-hybridized carbons (Fsp3) is 0.888. The number of hydrogen-bond donors (Lipinski definition) is 0. The van der Waals surface area contributed by atoms with E-state index in [2.05, 4.69) is 90.0 Å². The van der Waals surface area contributed by atoms with Crippen LogP contribution in [0, 0.1) is 0 Å². The maximum absolute atomic E-state index is 14.0. The Hall–Kier alpha value is -4.36. The second-order valence-corrected chi connectivity index (χ2v) is 43.3. The molecule has 0 aromatic heterocycles. The molecule has 0 spiro atoms. The molecular formula is C116H218N6O15S3. The number of allylic oxidation sites excluding steroid dienone is 2. The maximum atomic E-state index is 14.0. The number of esters is 6. The summed E-state index contributed by atoms with van der Waals surface area (Å²) in [5, 5.41) is -0.889. The predicted octanol–water partition coefficient (Wildman–Crippen LogP) is 31.6. The molecule has 0 bridgehead atoms. The van der Waals surface area contributed by atoms with Crippen LogP contribution in [0.25, 0.3) is 0 Å². The number of carbonyl (C=O) groups excluding carboxylic acids is 9. The first kappa shape index (κ1) is 136. The van der Waals surface area contributed by atoms with Crippen molar-refractivity contribution >= 4 is 86.8 Å². The van der Waals surface area contributed by atoms with Crippen LogP contribution in [0.5, 0.6) is 0 Å². The van der Waals surface area contributed by atoms with Crippen LogP contribution in [0.15, 0.2) is 24.3 Å². The molecule has 0 aliphatic heterocycles. The summed E-state index contributed by atoms with van der Waals surface area (Å²) < 4.78 is 36.0. The lowest BCUT2D eigenvalue weighted by molar-refractivity contribution is -0.154. The van der Waals surface area contributed by atoms with Gasteiger partial charge in [0, 0.05) is 17.3 Å². The average molecular weight is 2030 g/mol. The Morgan fingerprint density at radius 2 is 0.407 bits per heavy atom. The minimum absolute atomic E-state index is 0.110. The summed E-state index contributed by atoms with van der Waals surface area (Å²) in [4.78, 5) is 134. The van der Waals surface area contributed by atoms with Gasteiger partial charge in [0.25, 0.3) is 15.7 Å². The number of nitrogens with zero attached hydrogens (tertiary/aromatic N) is 6. The molecule has 3 atom stereocenters. The van der Waals surface area contributed by atoms with Crippen LogP contribution < -0.4 is 0 Å². The normalized spacial score (nSPS) is 12.4. The summed E-state index contributed by atoms with van der Waals surface area (Å²) in [7, 11) is 4.00. The van der Waals surface area contributed by atoms with E-state index in [1.165, 1.54) is 245 Å². The maximum Gasteiger partial charge on any atom is 0.326 e. The van der Waals surface area contributed by atoms with E-state index in [4.69, 9.17) is 28.4 Å². The quantitative estimate of drug-likeness (QED) is 0.0238. The molecule has 3 amide bonds. The Balaban J connectivity index is 5.32. The highest BCUT2D eigenvalue weighted by atomic mass is 32.2. The number of carbonyl (C=O) groups is 9. The molecule has 0 aromatic carbocycles. The number of thioether (sulfide) groups is 3. The zero-order chi connectivity index (χ0) is 103. The first-order valence-electron chi connectivity index (χ1n) is 58.5.